The molecule has 3 aromatic rings. The Morgan fingerprint density at radius 1 is 1.10 bits per heavy atom. The first kappa shape index (κ1) is 21.0. The maximum Gasteiger partial charge on any atom is 0.341 e. The fraction of sp³-hybridized carbons (Fsp3) is 0.190. The topological polar surface area (TPSA) is 94.8 Å². The third-order valence-electron chi connectivity index (χ3n) is 4.58. The number of hydrogen-bond acceptors (Lipinski definition) is 5. The Labute approximate surface area is 169 Å². The van der Waals surface area contributed by atoms with E-state index < -0.39 is 36.1 Å². The first-order valence-corrected chi connectivity index (χ1v) is 8.78. The summed E-state index contributed by atoms with van der Waals surface area (Å²) in [6.07, 6.45) is -0.311. The van der Waals surface area contributed by atoms with Crippen molar-refractivity contribution in [2.45, 2.75) is 13.3 Å². The van der Waals surface area contributed by atoms with E-state index in [4.69, 9.17) is 9.84 Å². The highest BCUT2D eigenvalue weighted by Gasteiger charge is 2.24. The predicted octanol–water partition coefficient (Wildman–Crippen LogP) is 3.10. The van der Waals surface area contributed by atoms with Crippen LogP contribution in [0.15, 0.2) is 36.4 Å². The highest BCUT2D eigenvalue weighted by atomic mass is 19.1. The van der Waals surface area contributed by atoms with E-state index in [-0.39, 0.29) is 12.0 Å². The van der Waals surface area contributed by atoms with Gasteiger partial charge in [0.2, 0.25) is 0 Å². The second kappa shape index (κ2) is 8.32. The highest BCUT2D eigenvalue weighted by Crippen LogP contribution is 2.31. The minimum absolute atomic E-state index is 0.311. The van der Waals surface area contributed by atoms with Crippen molar-refractivity contribution in [2.24, 2.45) is 0 Å². The molecular formula is C21H17F2NO6. The first-order chi connectivity index (χ1) is 14.2. The monoisotopic (exact) mass is 417 g/mol. The highest BCUT2D eigenvalue weighted by molar-refractivity contribution is 6.05. The molecular weight excluding hydrogens is 400 g/mol. The van der Waals surface area contributed by atoms with Crippen molar-refractivity contribution in [1.29, 1.82) is 0 Å². The zero-order chi connectivity index (χ0) is 22.0. The van der Waals surface area contributed by atoms with Gasteiger partial charge in [-0.05, 0) is 42.8 Å². The largest absolute Gasteiger partial charge is 0.497 e. The third-order valence-corrected chi connectivity index (χ3v) is 4.58. The number of carboxylic acids is 1. The van der Waals surface area contributed by atoms with Crippen LogP contribution in [-0.4, -0.2) is 41.2 Å². The smallest absolute Gasteiger partial charge is 0.341 e. The van der Waals surface area contributed by atoms with E-state index in [0.717, 1.165) is 12.1 Å². The van der Waals surface area contributed by atoms with Crippen LogP contribution in [0, 0.1) is 18.6 Å². The molecule has 0 amide bonds. The van der Waals surface area contributed by atoms with E-state index in [2.05, 4.69) is 4.74 Å². The quantitative estimate of drug-likeness (QED) is 0.620. The lowest BCUT2D eigenvalue weighted by molar-refractivity contribution is -0.154. The van der Waals surface area contributed by atoms with Crippen LogP contribution in [0.1, 0.15) is 21.6 Å². The number of halogens is 2. The maximum atomic E-state index is 14.2. The number of carboxylic acid groups (broad SMARTS) is 1. The number of hydrogen-bond donors (Lipinski definition) is 1. The number of fused-ring (bicyclic) bond motifs is 1. The van der Waals surface area contributed by atoms with Crippen LogP contribution in [0.4, 0.5) is 8.78 Å². The molecule has 7 nitrogen and oxygen atoms in total. The van der Waals surface area contributed by atoms with E-state index >= 15 is 0 Å². The first-order valence-electron chi connectivity index (χ1n) is 8.78. The van der Waals surface area contributed by atoms with Gasteiger partial charge in [0.1, 0.15) is 17.4 Å². The molecule has 0 bridgehead atoms. The molecule has 0 saturated carbocycles. The molecule has 2 aromatic carbocycles. The average Bonchev–Trinajstić information content (AvgIpc) is 2.96. The summed E-state index contributed by atoms with van der Waals surface area (Å²) < 4.78 is 38.5. The van der Waals surface area contributed by atoms with E-state index in [9.17, 15) is 23.2 Å². The van der Waals surface area contributed by atoms with Crippen molar-refractivity contribution < 1.29 is 37.7 Å². The lowest BCUT2D eigenvalue weighted by Crippen LogP contribution is -2.17. The maximum absolute atomic E-state index is 14.2. The van der Waals surface area contributed by atoms with Gasteiger partial charge in [-0.2, -0.15) is 0 Å². The van der Waals surface area contributed by atoms with Crippen LogP contribution < -0.4 is 4.74 Å². The molecule has 0 aliphatic rings. The van der Waals surface area contributed by atoms with Crippen LogP contribution in [-0.2, 0) is 20.7 Å². The van der Waals surface area contributed by atoms with Gasteiger partial charge in [-0.25, -0.2) is 13.6 Å². The second-order valence-corrected chi connectivity index (χ2v) is 6.44. The van der Waals surface area contributed by atoms with E-state index in [1.165, 1.54) is 11.7 Å². The van der Waals surface area contributed by atoms with Gasteiger partial charge in [0.05, 0.1) is 24.6 Å². The van der Waals surface area contributed by atoms with Crippen LogP contribution in [0.3, 0.4) is 0 Å². The predicted molar refractivity (Wildman–Crippen MR) is 102 cm³/mol. The number of benzene rings is 2. The minimum Gasteiger partial charge on any atom is -0.497 e. The Bertz CT molecular complexity index is 1170. The van der Waals surface area contributed by atoms with Gasteiger partial charge in [-0.15, -0.1) is 0 Å². The fourth-order valence-corrected chi connectivity index (χ4v) is 3.20. The van der Waals surface area contributed by atoms with Crippen LogP contribution >= 0.6 is 0 Å². The molecule has 30 heavy (non-hydrogen) atoms. The normalized spacial score (nSPS) is 10.8. The number of ether oxygens (including phenoxy) is 2. The van der Waals surface area contributed by atoms with Crippen LogP contribution in [0.2, 0.25) is 0 Å². The molecule has 0 radical (unpaired) electrons. The average molecular weight is 417 g/mol. The molecule has 1 aromatic heterocycles. The van der Waals surface area contributed by atoms with Crippen LogP contribution in [0.5, 0.6) is 5.75 Å². The van der Waals surface area contributed by atoms with Crippen molar-refractivity contribution >= 4 is 28.7 Å². The molecule has 3 rings (SSSR count). The van der Waals surface area contributed by atoms with Crippen LogP contribution in [0.25, 0.3) is 10.9 Å². The number of methoxy groups -OCH3 is 1. The van der Waals surface area contributed by atoms with Gasteiger partial charge < -0.3 is 14.6 Å². The van der Waals surface area contributed by atoms with Gasteiger partial charge in [-0.1, -0.05) is 0 Å². The summed E-state index contributed by atoms with van der Waals surface area (Å²) >= 11 is 0. The second-order valence-electron chi connectivity index (χ2n) is 6.44. The lowest BCUT2D eigenvalue weighted by Gasteiger charge is -2.09. The van der Waals surface area contributed by atoms with Gasteiger partial charge in [0.25, 0.3) is 5.91 Å². The SMILES string of the molecule is COc1ccc2c(c1)c(CC(=O)OCC(=O)O)c(C)n2C(=O)c1ccc(F)cc1F. The number of aromatic nitrogens is 1. The molecule has 9 heteroatoms. The molecule has 0 aliphatic carbocycles. The summed E-state index contributed by atoms with van der Waals surface area (Å²) in [5.74, 6) is -4.22. The molecule has 1 heterocycles. The summed E-state index contributed by atoms with van der Waals surface area (Å²) in [5.41, 5.74) is 0.768. The summed E-state index contributed by atoms with van der Waals surface area (Å²) in [6, 6.07) is 7.41. The van der Waals surface area contributed by atoms with Gasteiger partial charge in [0.15, 0.2) is 6.61 Å². The summed E-state index contributed by atoms with van der Waals surface area (Å²) in [4.78, 5) is 35.8. The standard InChI is InChI=1S/C21H17F2NO6/c1-11-15(9-20(27)30-10-19(25)26)16-8-13(29-2)4-6-18(16)24(11)21(28)14-5-3-12(22)7-17(14)23/h3-8H,9-10H2,1-2H3,(H,25,26). The lowest BCUT2D eigenvalue weighted by atomic mass is 10.1. The van der Waals surface area contributed by atoms with Gasteiger partial charge >= 0.3 is 11.9 Å². The molecule has 0 unspecified atom stereocenters. The Morgan fingerprint density at radius 2 is 1.83 bits per heavy atom. The van der Waals surface area contributed by atoms with Gasteiger partial charge in [-0.3, -0.25) is 14.2 Å². The van der Waals surface area contributed by atoms with Crippen molar-refractivity contribution in [3.05, 3.63) is 64.9 Å². The Balaban J connectivity index is 2.13. The molecule has 0 saturated heterocycles. The van der Waals surface area contributed by atoms with Crippen molar-refractivity contribution in [1.82, 2.24) is 4.57 Å². The summed E-state index contributed by atoms with van der Waals surface area (Å²) in [6.45, 7) is 0.769. The van der Waals surface area contributed by atoms with Crippen molar-refractivity contribution in [3.8, 4) is 5.75 Å². The number of aliphatic carboxylic acids is 1. The summed E-state index contributed by atoms with van der Waals surface area (Å²) in [5, 5.41) is 9.15. The van der Waals surface area contributed by atoms with Gasteiger partial charge in [0, 0.05) is 17.1 Å². The number of nitrogens with zero attached hydrogens (tertiary/aromatic N) is 1. The molecule has 0 spiro atoms. The zero-order valence-corrected chi connectivity index (χ0v) is 16.1. The number of carbonyl (C=O) groups is 3. The number of rotatable bonds is 6. The Kier molecular flexibility index (Phi) is 5.81. The third kappa shape index (κ3) is 4.00. The summed E-state index contributed by atoms with van der Waals surface area (Å²) in [7, 11) is 1.45. The minimum atomic E-state index is -1.30. The zero-order valence-electron chi connectivity index (χ0n) is 16.1. The Hall–Kier alpha value is -3.75. The molecule has 156 valence electrons. The molecule has 0 atom stereocenters. The van der Waals surface area contributed by atoms with Crippen molar-refractivity contribution in [2.75, 3.05) is 13.7 Å². The van der Waals surface area contributed by atoms with Crippen molar-refractivity contribution in [3.63, 3.8) is 0 Å². The Morgan fingerprint density at radius 3 is 2.47 bits per heavy atom. The van der Waals surface area contributed by atoms with E-state index in [1.54, 1.807) is 25.1 Å². The number of carbonyl (C=O) groups excluding carboxylic acids is 2. The molecule has 0 aliphatic heterocycles. The van der Waals surface area contributed by atoms with E-state index in [1.807, 2.05) is 0 Å². The molecule has 0 fully saturated rings. The molecule has 1 N–H and O–H groups in total. The number of esters is 1. The fourth-order valence-electron chi connectivity index (χ4n) is 3.20. The van der Waals surface area contributed by atoms with E-state index in [0.29, 0.717) is 34.0 Å².